The highest BCUT2D eigenvalue weighted by Gasteiger charge is 2.52. The minimum absolute atomic E-state index is 0.0798. The van der Waals surface area contributed by atoms with Crippen molar-refractivity contribution in [1.29, 1.82) is 0 Å². The van der Waals surface area contributed by atoms with Gasteiger partial charge in [0.05, 0.1) is 5.60 Å². The van der Waals surface area contributed by atoms with Gasteiger partial charge in [0.1, 0.15) is 0 Å². The second-order valence-corrected chi connectivity index (χ2v) is 6.06. The molecule has 18 heavy (non-hydrogen) atoms. The molecule has 3 rings (SSSR count). The van der Waals surface area contributed by atoms with Crippen LogP contribution < -0.4 is 5.73 Å². The molecule has 1 aromatic rings. The van der Waals surface area contributed by atoms with Gasteiger partial charge in [0, 0.05) is 12.0 Å². The fraction of sp³-hybridized carbons (Fsp3) is 0.625. The van der Waals surface area contributed by atoms with Crippen molar-refractivity contribution in [2.75, 3.05) is 6.54 Å². The Balaban J connectivity index is 2.10. The first-order chi connectivity index (χ1) is 8.72. The number of rotatable bonds is 2. The lowest BCUT2D eigenvalue weighted by Gasteiger charge is -2.48. The molecule has 2 nitrogen and oxygen atoms in total. The van der Waals surface area contributed by atoms with Crippen LogP contribution in [-0.2, 0) is 12.0 Å². The van der Waals surface area contributed by atoms with E-state index in [4.69, 9.17) is 5.73 Å². The number of hydrogen-bond donors (Lipinski definition) is 2. The van der Waals surface area contributed by atoms with Crippen molar-refractivity contribution < 1.29 is 5.11 Å². The molecule has 0 aromatic heterocycles. The quantitative estimate of drug-likeness (QED) is 0.841. The highest BCUT2D eigenvalue weighted by molar-refractivity contribution is 5.37. The van der Waals surface area contributed by atoms with Gasteiger partial charge >= 0.3 is 0 Å². The van der Waals surface area contributed by atoms with Gasteiger partial charge in [-0.2, -0.15) is 0 Å². The normalized spacial score (nSPS) is 30.1. The van der Waals surface area contributed by atoms with Gasteiger partial charge in [0.15, 0.2) is 0 Å². The van der Waals surface area contributed by atoms with Crippen LogP contribution in [0.15, 0.2) is 24.3 Å². The number of aryl methyl sites for hydroxylation is 1. The fourth-order valence-corrected chi connectivity index (χ4v) is 4.20. The second kappa shape index (κ2) is 4.36. The largest absolute Gasteiger partial charge is 0.385 e. The number of nitrogens with two attached hydrogens (primary N) is 1. The smallest absolute Gasteiger partial charge is 0.0967 e. The van der Waals surface area contributed by atoms with E-state index in [1.54, 1.807) is 0 Å². The summed E-state index contributed by atoms with van der Waals surface area (Å²) < 4.78 is 0. The predicted molar refractivity (Wildman–Crippen MR) is 73.2 cm³/mol. The standard InChI is InChI=1S/C16H23NO/c17-12-15(9-3-4-10-15)16(18)11-5-7-13-6-1-2-8-14(13)16/h1-2,6,8,18H,3-5,7,9-12,17H2. The van der Waals surface area contributed by atoms with E-state index in [-0.39, 0.29) is 5.41 Å². The molecule has 1 aromatic carbocycles. The molecule has 0 aliphatic heterocycles. The molecule has 1 atom stereocenters. The van der Waals surface area contributed by atoms with Gasteiger partial charge < -0.3 is 10.8 Å². The Bertz CT molecular complexity index is 436. The number of aliphatic hydroxyl groups is 1. The minimum atomic E-state index is -0.687. The molecule has 0 saturated heterocycles. The average Bonchev–Trinajstić information content (AvgIpc) is 2.90. The van der Waals surface area contributed by atoms with Crippen molar-refractivity contribution in [3.05, 3.63) is 35.4 Å². The van der Waals surface area contributed by atoms with E-state index in [9.17, 15) is 5.11 Å². The Kier molecular flexibility index (Phi) is 2.95. The highest BCUT2D eigenvalue weighted by atomic mass is 16.3. The van der Waals surface area contributed by atoms with Crippen molar-refractivity contribution >= 4 is 0 Å². The van der Waals surface area contributed by atoms with Crippen molar-refractivity contribution in [1.82, 2.24) is 0 Å². The molecule has 0 heterocycles. The first kappa shape index (κ1) is 12.2. The Hall–Kier alpha value is -0.860. The average molecular weight is 245 g/mol. The zero-order valence-corrected chi connectivity index (χ0v) is 11.0. The maximum Gasteiger partial charge on any atom is 0.0967 e. The molecule has 2 aliphatic carbocycles. The van der Waals surface area contributed by atoms with Crippen LogP contribution in [-0.4, -0.2) is 11.7 Å². The number of benzene rings is 1. The van der Waals surface area contributed by atoms with Crippen molar-refractivity contribution in [2.24, 2.45) is 11.1 Å². The van der Waals surface area contributed by atoms with Crippen LogP contribution in [0.2, 0.25) is 0 Å². The van der Waals surface area contributed by atoms with E-state index >= 15 is 0 Å². The van der Waals surface area contributed by atoms with Crippen LogP contribution in [0, 0.1) is 5.41 Å². The third-order valence-electron chi connectivity index (χ3n) is 5.28. The lowest BCUT2D eigenvalue weighted by atomic mass is 9.62. The summed E-state index contributed by atoms with van der Waals surface area (Å²) in [6.45, 7) is 0.609. The lowest BCUT2D eigenvalue weighted by molar-refractivity contribution is -0.0975. The maximum atomic E-state index is 11.4. The van der Waals surface area contributed by atoms with Gasteiger partial charge in [-0.05, 0) is 43.2 Å². The molecule has 1 saturated carbocycles. The van der Waals surface area contributed by atoms with E-state index in [2.05, 4.69) is 18.2 Å². The van der Waals surface area contributed by atoms with Gasteiger partial charge in [-0.25, -0.2) is 0 Å². The second-order valence-electron chi connectivity index (χ2n) is 6.06. The molecule has 3 N–H and O–H groups in total. The van der Waals surface area contributed by atoms with E-state index < -0.39 is 5.60 Å². The Morgan fingerprint density at radius 2 is 1.78 bits per heavy atom. The molecular weight excluding hydrogens is 222 g/mol. The van der Waals surface area contributed by atoms with Crippen LogP contribution in [0.1, 0.15) is 49.7 Å². The molecular formula is C16H23NO. The fourth-order valence-electron chi connectivity index (χ4n) is 4.20. The topological polar surface area (TPSA) is 46.2 Å². The zero-order valence-electron chi connectivity index (χ0n) is 11.0. The van der Waals surface area contributed by atoms with Gasteiger partial charge in [0.25, 0.3) is 0 Å². The molecule has 2 heteroatoms. The predicted octanol–water partition coefficient (Wildman–Crippen LogP) is 2.73. The summed E-state index contributed by atoms with van der Waals surface area (Å²) in [5.41, 5.74) is 7.80. The maximum absolute atomic E-state index is 11.4. The number of fused-ring (bicyclic) bond motifs is 1. The molecule has 1 fully saturated rings. The summed E-state index contributed by atoms with van der Waals surface area (Å²) in [6.07, 6.45) is 7.63. The third-order valence-corrected chi connectivity index (χ3v) is 5.28. The van der Waals surface area contributed by atoms with Crippen molar-refractivity contribution in [3.63, 3.8) is 0 Å². The molecule has 0 radical (unpaired) electrons. The van der Waals surface area contributed by atoms with Crippen LogP contribution in [0.4, 0.5) is 0 Å². The summed E-state index contributed by atoms with van der Waals surface area (Å²) >= 11 is 0. The first-order valence-electron chi connectivity index (χ1n) is 7.23. The van der Waals surface area contributed by atoms with Crippen molar-refractivity contribution in [2.45, 2.75) is 50.5 Å². The Morgan fingerprint density at radius 3 is 2.50 bits per heavy atom. The summed E-state index contributed by atoms with van der Waals surface area (Å²) in [5, 5.41) is 11.4. The van der Waals surface area contributed by atoms with Crippen LogP contribution in [0.25, 0.3) is 0 Å². The Labute approximate surface area is 109 Å². The molecule has 2 aliphatic rings. The van der Waals surface area contributed by atoms with Crippen molar-refractivity contribution in [3.8, 4) is 0 Å². The summed E-state index contributed by atoms with van der Waals surface area (Å²) in [4.78, 5) is 0. The summed E-state index contributed by atoms with van der Waals surface area (Å²) in [7, 11) is 0. The van der Waals surface area contributed by atoms with E-state index in [1.807, 2.05) is 6.07 Å². The minimum Gasteiger partial charge on any atom is -0.385 e. The molecule has 1 unspecified atom stereocenters. The van der Waals surface area contributed by atoms with Gasteiger partial charge in [0.2, 0.25) is 0 Å². The van der Waals surface area contributed by atoms with E-state index in [0.29, 0.717) is 6.54 Å². The summed E-state index contributed by atoms with van der Waals surface area (Å²) in [6, 6.07) is 8.41. The number of hydrogen-bond acceptors (Lipinski definition) is 2. The summed E-state index contributed by atoms with van der Waals surface area (Å²) in [5.74, 6) is 0. The molecule has 0 spiro atoms. The van der Waals surface area contributed by atoms with Gasteiger partial charge in [-0.1, -0.05) is 37.1 Å². The first-order valence-corrected chi connectivity index (χ1v) is 7.23. The highest BCUT2D eigenvalue weighted by Crippen LogP contribution is 2.55. The SMILES string of the molecule is NCC1(C2(O)CCCc3ccccc32)CCCC1. The third kappa shape index (κ3) is 1.55. The van der Waals surface area contributed by atoms with Gasteiger partial charge in [-0.15, -0.1) is 0 Å². The van der Waals surface area contributed by atoms with E-state index in [1.165, 1.54) is 18.4 Å². The Morgan fingerprint density at radius 1 is 1.06 bits per heavy atom. The van der Waals surface area contributed by atoms with Crippen LogP contribution in [0.3, 0.4) is 0 Å². The molecule has 0 amide bonds. The lowest BCUT2D eigenvalue weighted by Crippen LogP contribution is -2.50. The van der Waals surface area contributed by atoms with E-state index in [0.717, 1.165) is 37.7 Å². The zero-order chi connectivity index (χ0) is 12.6. The van der Waals surface area contributed by atoms with Gasteiger partial charge in [-0.3, -0.25) is 0 Å². The molecule has 98 valence electrons. The molecule has 0 bridgehead atoms. The van der Waals surface area contributed by atoms with Crippen LogP contribution in [0.5, 0.6) is 0 Å². The van der Waals surface area contributed by atoms with Crippen LogP contribution >= 0.6 is 0 Å². The monoisotopic (exact) mass is 245 g/mol.